The summed E-state index contributed by atoms with van der Waals surface area (Å²) in [4.78, 5) is 37.2. The number of nitrogens with zero attached hydrogens (tertiary/aromatic N) is 2. The highest BCUT2D eigenvalue weighted by Gasteiger charge is 2.22. The third kappa shape index (κ3) is 4.35. The third-order valence-electron chi connectivity index (χ3n) is 3.15. The first-order chi connectivity index (χ1) is 8.56. The van der Waals surface area contributed by atoms with Crippen LogP contribution in [0.2, 0.25) is 0 Å². The zero-order valence-electron chi connectivity index (χ0n) is 11.0. The Morgan fingerprint density at radius 2 is 1.89 bits per heavy atom. The number of piperazine rings is 1. The summed E-state index contributed by atoms with van der Waals surface area (Å²) < 4.78 is 0. The molecule has 3 amide bonds. The lowest BCUT2D eigenvalue weighted by Gasteiger charge is -2.32. The largest absolute Gasteiger partial charge is 0.353 e. The summed E-state index contributed by atoms with van der Waals surface area (Å²) in [6.45, 7) is 5.99. The van der Waals surface area contributed by atoms with Crippen molar-refractivity contribution >= 4 is 18.2 Å². The normalized spacial score (nSPS) is 17.2. The highest BCUT2D eigenvalue weighted by molar-refractivity contribution is 5.97. The topological polar surface area (TPSA) is 69.7 Å². The minimum Gasteiger partial charge on any atom is -0.353 e. The maximum absolute atomic E-state index is 11.8. The molecule has 0 aliphatic carbocycles. The van der Waals surface area contributed by atoms with Crippen LogP contribution in [0.1, 0.15) is 26.7 Å². The van der Waals surface area contributed by atoms with Crippen LogP contribution < -0.4 is 5.32 Å². The number of hydrogen-bond donors (Lipinski definition) is 1. The average Bonchev–Trinajstić information content (AvgIpc) is 2.38. The monoisotopic (exact) mass is 255 g/mol. The minimum absolute atomic E-state index is 0.0946. The van der Waals surface area contributed by atoms with E-state index in [0.717, 1.165) is 12.8 Å². The van der Waals surface area contributed by atoms with Crippen LogP contribution in [-0.2, 0) is 14.4 Å². The van der Waals surface area contributed by atoms with Gasteiger partial charge in [0.15, 0.2) is 0 Å². The van der Waals surface area contributed by atoms with Crippen molar-refractivity contribution < 1.29 is 14.4 Å². The number of rotatable bonds is 5. The maximum Gasteiger partial charge on any atom is 0.232 e. The zero-order chi connectivity index (χ0) is 13.5. The Hall–Kier alpha value is -1.59. The fourth-order valence-electron chi connectivity index (χ4n) is 1.75. The third-order valence-corrected chi connectivity index (χ3v) is 3.15. The van der Waals surface area contributed by atoms with E-state index in [2.05, 4.69) is 5.32 Å². The lowest BCUT2D eigenvalue weighted by molar-refractivity contribution is -0.139. The van der Waals surface area contributed by atoms with Crippen molar-refractivity contribution in [1.82, 2.24) is 15.1 Å². The van der Waals surface area contributed by atoms with Gasteiger partial charge in [-0.05, 0) is 13.3 Å². The molecule has 0 aromatic carbocycles. The van der Waals surface area contributed by atoms with Crippen LogP contribution in [0.25, 0.3) is 0 Å². The van der Waals surface area contributed by atoms with Crippen LogP contribution in [0.5, 0.6) is 0 Å². The van der Waals surface area contributed by atoms with Gasteiger partial charge in [-0.3, -0.25) is 14.4 Å². The van der Waals surface area contributed by atoms with Crippen molar-refractivity contribution in [3.8, 4) is 0 Å². The molecule has 1 saturated heterocycles. The molecule has 6 nitrogen and oxygen atoms in total. The second-order valence-electron chi connectivity index (χ2n) is 4.58. The van der Waals surface area contributed by atoms with Gasteiger partial charge in [-0.25, -0.2) is 0 Å². The molecule has 1 fully saturated rings. The van der Waals surface area contributed by atoms with E-state index in [1.807, 2.05) is 13.8 Å². The van der Waals surface area contributed by atoms with Crippen LogP contribution in [0.3, 0.4) is 0 Å². The van der Waals surface area contributed by atoms with E-state index in [0.29, 0.717) is 26.2 Å². The van der Waals surface area contributed by atoms with Gasteiger partial charge in [-0.1, -0.05) is 6.92 Å². The summed E-state index contributed by atoms with van der Waals surface area (Å²) in [5.41, 5.74) is 0. The summed E-state index contributed by atoms with van der Waals surface area (Å²) in [6, 6.07) is 0.0946. The Morgan fingerprint density at radius 1 is 1.28 bits per heavy atom. The lowest BCUT2D eigenvalue weighted by Crippen LogP contribution is -2.49. The molecular formula is C12H21N3O3. The van der Waals surface area contributed by atoms with E-state index in [-0.39, 0.29) is 24.3 Å². The zero-order valence-corrected chi connectivity index (χ0v) is 11.0. The van der Waals surface area contributed by atoms with Gasteiger partial charge in [0.05, 0.1) is 0 Å². The number of carbonyl (C=O) groups excluding carboxylic acids is 3. The number of amides is 3. The molecular weight excluding hydrogens is 234 g/mol. The molecule has 0 aromatic heterocycles. The molecule has 1 atom stereocenters. The molecule has 1 aliphatic heterocycles. The summed E-state index contributed by atoms with van der Waals surface area (Å²) in [5, 5.41) is 2.77. The predicted octanol–water partition coefficient (Wildman–Crippen LogP) is -0.408. The van der Waals surface area contributed by atoms with Gasteiger partial charge >= 0.3 is 0 Å². The Morgan fingerprint density at radius 3 is 2.39 bits per heavy atom. The van der Waals surface area contributed by atoms with Crippen molar-refractivity contribution in [3.05, 3.63) is 0 Å². The van der Waals surface area contributed by atoms with Crippen molar-refractivity contribution in [2.75, 3.05) is 26.2 Å². The van der Waals surface area contributed by atoms with E-state index < -0.39 is 0 Å². The van der Waals surface area contributed by atoms with E-state index >= 15 is 0 Å². The molecule has 0 saturated carbocycles. The first-order valence-electron chi connectivity index (χ1n) is 6.33. The Kier molecular flexibility index (Phi) is 5.61. The summed E-state index contributed by atoms with van der Waals surface area (Å²) in [7, 11) is 0. The summed E-state index contributed by atoms with van der Waals surface area (Å²) in [6.07, 6.45) is 1.53. The van der Waals surface area contributed by atoms with Gasteiger partial charge in [-0.15, -0.1) is 0 Å². The molecule has 1 unspecified atom stereocenters. The SMILES string of the molecule is CCC(C)NC(=O)CC(=O)N1CCN(C=O)CC1. The van der Waals surface area contributed by atoms with Gasteiger partial charge in [-0.2, -0.15) is 0 Å². The standard InChI is InChI=1S/C12H21N3O3/c1-3-10(2)13-11(17)8-12(18)15-6-4-14(9-16)5-7-15/h9-10H,3-8H2,1-2H3,(H,13,17). The molecule has 0 bridgehead atoms. The number of hydrogen-bond acceptors (Lipinski definition) is 3. The second-order valence-corrected chi connectivity index (χ2v) is 4.58. The second kappa shape index (κ2) is 6.98. The number of carbonyl (C=O) groups is 3. The molecule has 18 heavy (non-hydrogen) atoms. The maximum atomic E-state index is 11.8. The van der Waals surface area contributed by atoms with E-state index in [9.17, 15) is 14.4 Å². The van der Waals surface area contributed by atoms with Crippen molar-refractivity contribution in [1.29, 1.82) is 0 Å². The fraction of sp³-hybridized carbons (Fsp3) is 0.750. The Labute approximate surface area is 107 Å². The predicted molar refractivity (Wildman–Crippen MR) is 66.7 cm³/mol. The van der Waals surface area contributed by atoms with E-state index in [4.69, 9.17) is 0 Å². The van der Waals surface area contributed by atoms with Crippen LogP contribution in [-0.4, -0.2) is 60.2 Å². The van der Waals surface area contributed by atoms with Crippen LogP contribution >= 0.6 is 0 Å². The molecule has 0 spiro atoms. The van der Waals surface area contributed by atoms with Crippen LogP contribution in [0.4, 0.5) is 0 Å². The first-order valence-corrected chi connectivity index (χ1v) is 6.33. The highest BCUT2D eigenvalue weighted by Crippen LogP contribution is 2.02. The fourth-order valence-corrected chi connectivity index (χ4v) is 1.75. The van der Waals surface area contributed by atoms with Crippen molar-refractivity contribution in [3.63, 3.8) is 0 Å². The molecule has 1 rings (SSSR count). The van der Waals surface area contributed by atoms with E-state index in [1.165, 1.54) is 0 Å². The van der Waals surface area contributed by atoms with Gasteiger partial charge in [0.2, 0.25) is 18.2 Å². The molecule has 1 N–H and O–H groups in total. The highest BCUT2D eigenvalue weighted by atomic mass is 16.2. The summed E-state index contributed by atoms with van der Waals surface area (Å²) in [5.74, 6) is -0.395. The first kappa shape index (κ1) is 14.5. The van der Waals surface area contributed by atoms with Gasteiger partial charge in [0.25, 0.3) is 0 Å². The van der Waals surface area contributed by atoms with Crippen molar-refractivity contribution in [2.24, 2.45) is 0 Å². The molecule has 1 aliphatic rings. The van der Waals surface area contributed by atoms with Gasteiger partial charge < -0.3 is 15.1 Å². The average molecular weight is 255 g/mol. The molecule has 6 heteroatoms. The quantitative estimate of drug-likeness (QED) is 0.536. The molecule has 102 valence electrons. The summed E-state index contributed by atoms with van der Waals surface area (Å²) >= 11 is 0. The van der Waals surface area contributed by atoms with Crippen molar-refractivity contribution in [2.45, 2.75) is 32.7 Å². The molecule has 0 radical (unpaired) electrons. The molecule has 1 heterocycles. The minimum atomic E-state index is -0.229. The van der Waals surface area contributed by atoms with Gasteiger partial charge in [0, 0.05) is 32.2 Å². The van der Waals surface area contributed by atoms with Gasteiger partial charge in [0.1, 0.15) is 6.42 Å². The Bertz CT molecular complexity index is 312. The smallest absolute Gasteiger partial charge is 0.232 e. The van der Waals surface area contributed by atoms with Crippen LogP contribution in [0, 0.1) is 0 Å². The van der Waals surface area contributed by atoms with Crippen LogP contribution in [0.15, 0.2) is 0 Å². The molecule has 0 aromatic rings. The lowest BCUT2D eigenvalue weighted by atomic mass is 10.2. The number of nitrogens with one attached hydrogen (secondary N) is 1. The Balaban J connectivity index is 2.33. The van der Waals surface area contributed by atoms with E-state index in [1.54, 1.807) is 9.80 Å².